The first kappa shape index (κ1) is 13.3. The van der Waals surface area contributed by atoms with Gasteiger partial charge in [-0.3, -0.25) is 4.79 Å². The quantitative estimate of drug-likeness (QED) is 0.841. The van der Waals surface area contributed by atoms with Crippen LogP contribution < -0.4 is 10.5 Å². The summed E-state index contributed by atoms with van der Waals surface area (Å²) in [6, 6.07) is 8.74. The van der Waals surface area contributed by atoms with Crippen molar-refractivity contribution < 1.29 is 14.3 Å². The van der Waals surface area contributed by atoms with Crippen LogP contribution in [0.5, 0.6) is 5.75 Å². The molecule has 100 valence electrons. The van der Waals surface area contributed by atoms with Crippen molar-refractivity contribution in [1.29, 1.82) is 0 Å². The zero-order valence-corrected chi connectivity index (χ0v) is 10.9. The van der Waals surface area contributed by atoms with Gasteiger partial charge >= 0.3 is 5.97 Å². The number of aromatic nitrogens is 1. The third-order valence-electron chi connectivity index (χ3n) is 2.74. The average Bonchev–Trinajstić information content (AvgIpc) is 2.43. The molecule has 0 radical (unpaired) electrons. The highest BCUT2D eigenvalue weighted by molar-refractivity contribution is 5.84. The van der Waals surface area contributed by atoms with E-state index < -0.39 is 12.0 Å². The van der Waals surface area contributed by atoms with E-state index in [-0.39, 0.29) is 6.61 Å². The van der Waals surface area contributed by atoms with E-state index in [2.05, 4.69) is 9.72 Å². The summed E-state index contributed by atoms with van der Waals surface area (Å²) in [6.07, 6.45) is 0. The van der Waals surface area contributed by atoms with E-state index in [0.717, 1.165) is 16.6 Å². The monoisotopic (exact) mass is 260 g/mol. The van der Waals surface area contributed by atoms with Gasteiger partial charge in [-0.25, -0.2) is 4.98 Å². The number of fused-ring (bicyclic) bond motifs is 1. The van der Waals surface area contributed by atoms with Crippen molar-refractivity contribution in [3.8, 4) is 5.75 Å². The van der Waals surface area contributed by atoms with Crippen LogP contribution in [-0.2, 0) is 9.53 Å². The van der Waals surface area contributed by atoms with E-state index in [4.69, 9.17) is 10.5 Å². The molecule has 0 spiro atoms. The summed E-state index contributed by atoms with van der Waals surface area (Å²) < 4.78 is 10.1. The van der Waals surface area contributed by atoms with Gasteiger partial charge in [-0.15, -0.1) is 0 Å². The van der Waals surface area contributed by atoms with E-state index in [0.29, 0.717) is 5.75 Å². The van der Waals surface area contributed by atoms with Crippen molar-refractivity contribution in [2.24, 2.45) is 5.73 Å². The van der Waals surface area contributed by atoms with Crippen LogP contribution in [0, 0.1) is 6.92 Å². The number of nitrogens with zero attached hydrogens (tertiary/aromatic N) is 1. The molecule has 2 N–H and O–H groups in total. The second-order valence-corrected chi connectivity index (χ2v) is 4.22. The number of hydrogen-bond acceptors (Lipinski definition) is 5. The average molecular weight is 260 g/mol. The SMILES string of the molecule is COC(=O)C(N)COc1cccc2ccc(C)nc12. The number of carbonyl (C=O) groups excluding carboxylic acids is 1. The predicted molar refractivity (Wildman–Crippen MR) is 72.0 cm³/mol. The minimum absolute atomic E-state index is 0.0570. The van der Waals surface area contributed by atoms with Gasteiger partial charge < -0.3 is 15.2 Å². The molecular weight excluding hydrogens is 244 g/mol. The van der Waals surface area contributed by atoms with Gasteiger partial charge in [-0.05, 0) is 19.1 Å². The second-order valence-electron chi connectivity index (χ2n) is 4.22. The maximum Gasteiger partial charge on any atom is 0.326 e. The van der Waals surface area contributed by atoms with Crippen molar-refractivity contribution >= 4 is 16.9 Å². The number of ether oxygens (including phenoxy) is 2. The molecule has 1 heterocycles. The lowest BCUT2D eigenvalue weighted by Crippen LogP contribution is -2.37. The second kappa shape index (κ2) is 5.67. The predicted octanol–water partition coefficient (Wildman–Crippen LogP) is 1.42. The van der Waals surface area contributed by atoms with Gasteiger partial charge in [-0.2, -0.15) is 0 Å². The van der Waals surface area contributed by atoms with E-state index in [1.807, 2.05) is 31.2 Å². The number of carbonyl (C=O) groups is 1. The maximum absolute atomic E-state index is 11.2. The number of pyridine rings is 1. The number of nitrogens with two attached hydrogens (primary N) is 1. The molecule has 0 saturated carbocycles. The summed E-state index contributed by atoms with van der Waals surface area (Å²) in [4.78, 5) is 15.6. The highest BCUT2D eigenvalue weighted by Crippen LogP contribution is 2.23. The topological polar surface area (TPSA) is 74.4 Å². The van der Waals surface area contributed by atoms with Crippen molar-refractivity contribution in [1.82, 2.24) is 4.98 Å². The van der Waals surface area contributed by atoms with E-state index >= 15 is 0 Å². The number of esters is 1. The van der Waals surface area contributed by atoms with Crippen LogP contribution in [-0.4, -0.2) is 30.7 Å². The number of rotatable bonds is 4. The highest BCUT2D eigenvalue weighted by atomic mass is 16.5. The van der Waals surface area contributed by atoms with E-state index in [1.54, 1.807) is 6.07 Å². The molecule has 2 rings (SSSR count). The van der Waals surface area contributed by atoms with Crippen LogP contribution in [0.25, 0.3) is 10.9 Å². The van der Waals surface area contributed by atoms with Gasteiger partial charge in [0.2, 0.25) is 0 Å². The van der Waals surface area contributed by atoms with Crippen LogP contribution in [0.15, 0.2) is 30.3 Å². The highest BCUT2D eigenvalue weighted by Gasteiger charge is 2.15. The van der Waals surface area contributed by atoms with Crippen molar-refractivity contribution in [2.75, 3.05) is 13.7 Å². The Kier molecular flexibility index (Phi) is 3.97. The standard InChI is InChI=1S/C14H16N2O3/c1-9-6-7-10-4-3-5-12(13(10)16-9)19-8-11(15)14(17)18-2/h3-7,11H,8,15H2,1-2H3. The Balaban J connectivity index is 2.21. The lowest BCUT2D eigenvalue weighted by atomic mass is 10.2. The summed E-state index contributed by atoms with van der Waals surface area (Å²) in [5.41, 5.74) is 7.30. The third kappa shape index (κ3) is 3.00. The molecule has 0 saturated heterocycles. The first-order chi connectivity index (χ1) is 9.11. The van der Waals surface area contributed by atoms with Gasteiger partial charge in [-0.1, -0.05) is 18.2 Å². The Morgan fingerprint density at radius 1 is 1.37 bits per heavy atom. The van der Waals surface area contributed by atoms with Crippen molar-refractivity contribution in [2.45, 2.75) is 13.0 Å². The van der Waals surface area contributed by atoms with E-state index in [9.17, 15) is 4.79 Å². The fraction of sp³-hybridized carbons (Fsp3) is 0.286. The lowest BCUT2D eigenvalue weighted by Gasteiger charge is -2.12. The molecule has 0 aliphatic rings. The largest absolute Gasteiger partial charge is 0.489 e. The first-order valence-corrected chi connectivity index (χ1v) is 5.94. The van der Waals surface area contributed by atoms with Crippen LogP contribution >= 0.6 is 0 Å². The molecule has 1 atom stereocenters. The zero-order valence-electron chi connectivity index (χ0n) is 10.9. The number of aryl methyl sites for hydroxylation is 1. The van der Waals surface area contributed by atoms with Gasteiger partial charge in [0.05, 0.1) is 7.11 Å². The summed E-state index contributed by atoms with van der Waals surface area (Å²) in [5.74, 6) is 0.116. The first-order valence-electron chi connectivity index (χ1n) is 5.94. The van der Waals surface area contributed by atoms with Crippen molar-refractivity contribution in [3.05, 3.63) is 36.0 Å². The van der Waals surface area contributed by atoms with Crippen molar-refractivity contribution in [3.63, 3.8) is 0 Å². The Hall–Kier alpha value is -2.14. The summed E-state index contributed by atoms with van der Waals surface area (Å²) in [7, 11) is 1.30. The minimum Gasteiger partial charge on any atom is -0.489 e. The van der Waals surface area contributed by atoms with Gasteiger partial charge in [0.1, 0.15) is 23.9 Å². The Labute approximate surface area is 111 Å². The normalized spacial score (nSPS) is 12.2. The molecular formula is C14H16N2O3. The third-order valence-corrected chi connectivity index (χ3v) is 2.74. The zero-order chi connectivity index (χ0) is 13.8. The fourth-order valence-electron chi connectivity index (χ4n) is 1.73. The molecule has 1 unspecified atom stereocenters. The maximum atomic E-state index is 11.2. The van der Waals surface area contributed by atoms with Gasteiger partial charge in [0, 0.05) is 11.1 Å². The van der Waals surface area contributed by atoms with Gasteiger partial charge in [0.25, 0.3) is 0 Å². The van der Waals surface area contributed by atoms with Crippen LogP contribution in [0.2, 0.25) is 0 Å². The van der Waals surface area contributed by atoms with Crippen LogP contribution in [0.3, 0.4) is 0 Å². The molecule has 5 heteroatoms. The molecule has 0 amide bonds. The molecule has 19 heavy (non-hydrogen) atoms. The summed E-state index contributed by atoms with van der Waals surface area (Å²) in [5, 5.41) is 0.981. The molecule has 0 fully saturated rings. The lowest BCUT2D eigenvalue weighted by molar-refractivity contribution is -0.142. The number of hydrogen-bond donors (Lipinski definition) is 1. The number of methoxy groups -OCH3 is 1. The smallest absolute Gasteiger partial charge is 0.326 e. The number of para-hydroxylation sites is 1. The molecule has 1 aromatic carbocycles. The number of benzene rings is 1. The molecule has 5 nitrogen and oxygen atoms in total. The Bertz CT molecular complexity index is 598. The Morgan fingerprint density at radius 2 is 2.16 bits per heavy atom. The van der Waals surface area contributed by atoms with Crippen LogP contribution in [0.1, 0.15) is 5.69 Å². The molecule has 0 aliphatic heterocycles. The Morgan fingerprint density at radius 3 is 2.89 bits per heavy atom. The summed E-state index contributed by atoms with van der Waals surface area (Å²) >= 11 is 0. The van der Waals surface area contributed by atoms with Crippen LogP contribution in [0.4, 0.5) is 0 Å². The van der Waals surface area contributed by atoms with E-state index in [1.165, 1.54) is 7.11 Å². The molecule has 2 aromatic rings. The minimum atomic E-state index is -0.801. The molecule has 1 aromatic heterocycles. The molecule has 0 bridgehead atoms. The fourth-order valence-corrected chi connectivity index (χ4v) is 1.73. The van der Waals surface area contributed by atoms with Gasteiger partial charge in [0.15, 0.2) is 0 Å². The molecule has 0 aliphatic carbocycles. The summed E-state index contributed by atoms with van der Waals surface area (Å²) in [6.45, 7) is 1.97.